The number of benzene rings is 1. The number of aromatic nitrogens is 1. The predicted octanol–water partition coefficient (Wildman–Crippen LogP) is 4.43. The van der Waals surface area contributed by atoms with Crippen LogP contribution in [0.25, 0.3) is 0 Å². The number of nitrogens with one attached hydrogen (secondary N) is 1. The number of halogens is 1. The highest BCUT2D eigenvalue weighted by Gasteiger charge is 2.21. The van der Waals surface area contributed by atoms with Gasteiger partial charge in [-0.05, 0) is 43.5 Å². The number of thiazole rings is 1. The van der Waals surface area contributed by atoms with Crippen LogP contribution in [0.3, 0.4) is 0 Å². The van der Waals surface area contributed by atoms with Crippen molar-refractivity contribution in [3.05, 3.63) is 43.8 Å². The number of carbonyl (C=O) groups excluding carboxylic acids is 2. The molecular formula is C19H24BrN3O2S. The summed E-state index contributed by atoms with van der Waals surface area (Å²) in [6.07, 6.45) is 0.853. The Balaban J connectivity index is 2.02. The third kappa shape index (κ3) is 5.38. The standard InChI is InChI=1S/C19H24BrN3O2S/c1-11(2)8-17-21-13(4)18(26-17)19(25)23(5)10-16(24)22-15-7-6-14(20)9-12(15)3/h6-7,9,11H,8,10H2,1-5H3,(H,22,24). The van der Waals surface area contributed by atoms with Crippen LogP contribution in [0.1, 0.15) is 39.8 Å². The van der Waals surface area contributed by atoms with Crippen LogP contribution in [0.15, 0.2) is 22.7 Å². The molecule has 1 N–H and O–H groups in total. The third-order valence-electron chi connectivity index (χ3n) is 3.81. The van der Waals surface area contributed by atoms with E-state index in [9.17, 15) is 9.59 Å². The van der Waals surface area contributed by atoms with Crippen molar-refractivity contribution in [2.45, 2.75) is 34.1 Å². The molecule has 5 nitrogen and oxygen atoms in total. The summed E-state index contributed by atoms with van der Waals surface area (Å²) >= 11 is 4.82. The van der Waals surface area contributed by atoms with Crippen LogP contribution >= 0.6 is 27.3 Å². The molecule has 1 aromatic heterocycles. The quantitative estimate of drug-likeness (QED) is 0.726. The summed E-state index contributed by atoms with van der Waals surface area (Å²) in [7, 11) is 1.64. The fourth-order valence-corrected chi connectivity index (χ4v) is 4.25. The van der Waals surface area contributed by atoms with E-state index in [1.54, 1.807) is 7.05 Å². The van der Waals surface area contributed by atoms with Crippen molar-refractivity contribution in [3.8, 4) is 0 Å². The van der Waals surface area contributed by atoms with Crippen molar-refractivity contribution in [1.29, 1.82) is 0 Å². The van der Waals surface area contributed by atoms with Crippen LogP contribution < -0.4 is 5.32 Å². The zero-order valence-corrected chi connectivity index (χ0v) is 18.1. The normalized spacial score (nSPS) is 10.9. The Morgan fingerprint density at radius 2 is 2.00 bits per heavy atom. The van der Waals surface area contributed by atoms with E-state index in [4.69, 9.17) is 0 Å². The second-order valence-electron chi connectivity index (χ2n) is 6.79. The van der Waals surface area contributed by atoms with E-state index < -0.39 is 0 Å². The summed E-state index contributed by atoms with van der Waals surface area (Å²) < 4.78 is 0.957. The van der Waals surface area contributed by atoms with Crippen molar-refractivity contribution in [1.82, 2.24) is 9.88 Å². The van der Waals surface area contributed by atoms with E-state index in [0.29, 0.717) is 10.8 Å². The van der Waals surface area contributed by atoms with E-state index in [0.717, 1.165) is 32.8 Å². The zero-order valence-electron chi connectivity index (χ0n) is 15.7. The minimum absolute atomic E-state index is 0.00874. The fraction of sp³-hybridized carbons (Fsp3) is 0.421. The Labute approximate surface area is 166 Å². The average Bonchev–Trinajstić information content (AvgIpc) is 2.88. The van der Waals surface area contributed by atoms with Gasteiger partial charge in [0.1, 0.15) is 4.88 Å². The maximum atomic E-state index is 12.7. The highest BCUT2D eigenvalue weighted by Crippen LogP contribution is 2.23. The molecule has 140 valence electrons. The van der Waals surface area contributed by atoms with Gasteiger partial charge < -0.3 is 10.2 Å². The molecule has 2 rings (SSSR count). The van der Waals surface area contributed by atoms with Crippen LogP contribution in [0.4, 0.5) is 5.69 Å². The van der Waals surface area contributed by atoms with Gasteiger partial charge in [-0.2, -0.15) is 0 Å². The van der Waals surface area contributed by atoms with Gasteiger partial charge in [-0.3, -0.25) is 9.59 Å². The highest BCUT2D eigenvalue weighted by molar-refractivity contribution is 9.10. The van der Waals surface area contributed by atoms with Crippen LogP contribution in [-0.4, -0.2) is 35.3 Å². The van der Waals surface area contributed by atoms with Crippen LogP contribution in [0.2, 0.25) is 0 Å². The second-order valence-corrected chi connectivity index (χ2v) is 8.79. The largest absolute Gasteiger partial charge is 0.332 e. The van der Waals surface area contributed by atoms with Gasteiger partial charge in [-0.1, -0.05) is 29.8 Å². The number of aryl methyl sites for hydroxylation is 2. The molecule has 2 amide bonds. The van der Waals surface area contributed by atoms with E-state index in [1.165, 1.54) is 16.2 Å². The first-order valence-corrected chi connectivity index (χ1v) is 10.1. The molecule has 0 saturated heterocycles. The summed E-state index contributed by atoms with van der Waals surface area (Å²) in [4.78, 5) is 31.5. The summed E-state index contributed by atoms with van der Waals surface area (Å²) in [5.41, 5.74) is 2.43. The summed E-state index contributed by atoms with van der Waals surface area (Å²) in [6.45, 7) is 8.00. The number of hydrogen-bond acceptors (Lipinski definition) is 4. The molecule has 0 aliphatic rings. The first-order valence-electron chi connectivity index (χ1n) is 8.45. The Morgan fingerprint density at radius 1 is 1.31 bits per heavy atom. The minimum Gasteiger partial charge on any atom is -0.332 e. The molecule has 0 bridgehead atoms. The van der Waals surface area contributed by atoms with E-state index in [2.05, 4.69) is 40.1 Å². The van der Waals surface area contributed by atoms with Gasteiger partial charge in [0.15, 0.2) is 0 Å². The predicted molar refractivity (Wildman–Crippen MR) is 110 cm³/mol. The minimum atomic E-state index is -0.226. The molecule has 2 aromatic rings. The topological polar surface area (TPSA) is 62.3 Å². The zero-order chi connectivity index (χ0) is 19.4. The summed E-state index contributed by atoms with van der Waals surface area (Å²) in [5.74, 6) is 0.0923. The molecule has 26 heavy (non-hydrogen) atoms. The SMILES string of the molecule is Cc1cc(Br)ccc1NC(=O)CN(C)C(=O)c1sc(CC(C)C)nc1C. The number of likely N-dealkylation sites (N-methyl/N-ethyl adjacent to an activating group) is 1. The Kier molecular flexibility index (Phi) is 6.94. The molecule has 1 heterocycles. The van der Waals surface area contributed by atoms with E-state index in [1.807, 2.05) is 32.0 Å². The van der Waals surface area contributed by atoms with Gasteiger partial charge in [-0.25, -0.2) is 4.98 Å². The van der Waals surface area contributed by atoms with Gasteiger partial charge in [-0.15, -0.1) is 11.3 Å². The molecule has 0 spiro atoms. The molecular weight excluding hydrogens is 414 g/mol. The van der Waals surface area contributed by atoms with Crippen molar-refractivity contribution in [2.75, 3.05) is 18.9 Å². The van der Waals surface area contributed by atoms with E-state index in [-0.39, 0.29) is 18.4 Å². The van der Waals surface area contributed by atoms with Gasteiger partial charge in [0.2, 0.25) is 5.91 Å². The monoisotopic (exact) mass is 437 g/mol. The molecule has 0 aliphatic heterocycles. The van der Waals surface area contributed by atoms with Gasteiger partial charge in [0.25, 0.3) is 5.91 Å². The van der Waals surface area contributed by atoms with Crippen molar-refractivity contribution in [2.24, 2.45) is 5.92 Å². The lowest BCUT2D eigenvalue weighted by molar-refractivity contribution is -0.116. The third-order valence-corrected chi connectivity index (χ3v) is 5.47. The molecule has 0 atom stereocenters. The molecule has 0 unspecified atom stereocenters. The number of amides is 2. The molecule has 0 fully saturated rings. The lowest BCUT2D eigenvalue weighted by Gasteiger charge is -2.17. The Bertz CT molecular complexity index is 817. The first-order chi connectivity index (χ1) is 12.2. The highest BCUT2D eigenvalue weighted by atomic mass is 79.9. The smallest absolute Gasteiger partial charge is 0.266 e. The van der Waals surface area contributed by atoms with Crippen LogP contribution in [0.5, 0.6) is 0 Å². The molecule has 7 heteroatoms. The Morgan fingerprint density at radius 3 is 2.62 bits per heavy atom. The van der Waals surface area contributed by atoms with Gasteiger partial charge in [0, 0.05) is 23.6 Å². The second kappa shape index (κ2) is 8.77. The lowest BCUT2D eigenvalue weighted by Crippen LogP contribution is -2.35. The summed E-state index contributed by atoms with van der Waals surface area (Å²) in [6, 6.07) is 5.64. The first kappa shape index (κ1) is 20.6. The maximum absolute atomic E-state index is 12.7. The van der Waals surface area contributed by atoms with E-state index >= 15 is 0 Å². The van der Waals surface area contributed by atoms with Gasteiger partial charge in [0.05, 0.1) is 17.2 Å². The number of hydrogen-bond donors (Lipinski definition) is 1. The van der Waals surface area contributed by atoms with Crippen LogP contribution in [0, 0.1) is 19.8 Å². The molecule has 0 aliphatic carbocycles. The van der Waals surface area contributed by atoms with Crippen molar-refractivity contribution < 1.29 is 9.59 Å². The number of carbonyl (C=O) groups is 2. The lowest BCUT2D eigenvalue weighted by atomic mass is 10.1. The molecule has 1 aromatic carbocycles. The van der Waals surface area contributed by atoms with Crippen molar-refractivity contribution in [3.63, 3.8) is 0 Å². The maximum Gasteiger partial charge on any atom is 0.266 e. The average molecular weight is 438 g/mol. The number of rotatable bonds is 6. The molecule has 0 saturated carbocycles. The van der Waals surface area contributed by atoms with Crippen LogP contribution in [-0.2, 0) is 11.2 Å². The number of nitrogens with zero attached hydrogens (tertiary/aromatic N) is 2. The Hall–Kier alpha value is -1.73. The summed E-state index contributed by atoms with van der Waals surface area (Å²) in [5, 5.41) is 3.82. The molecule has 0 radical (unpaired) electrons. The number of anilines is 1. The van der Waals surface area contributed by atoms with Crippen molar-refractivity contribution >= 4 is 44.8 Å². The fourth-order valence-electron chi connectivity index (χ4n) is 2.50. The van der Waals surface area contributed by atoms with Gasteiger partial charge >= 0.3 is 0 Å².